The largest absolute Gasteiger partial charge is 0.454 e. The summed E-state index contributed by atoms with van der Waals surface area (Å²) in [6.07, 6.45) is 0. The fourth-order valence-corrected chi connectivity index (χ4v) is 3.82. The third kappa shape index (κ3) is 4.55. The normalized spacial score (nSPS) is 20.8. The van der Waals surface area contributed by atoms with Crippen LogP contribution in [0.25, 0.3) is 0 Å². The van der Waals surface area contributed by atoms with Crippen LogP contribution in [0.4, 0.5) is 10.1 Å². The van der Waals surface area contributed by atoms with E-state index in [2.05, 4.69) is 11.4 Å². The van der Waals surface area contributed by atoms with Gasteiger partial charge in [0.25, 0.3) is 5.91 Å². The highest BCUT2D eigenvalue weighted by Crippen LogP contribution is 2.32. The number of quaternary nitrogens is 2. The molecule has 28 heavy (non-hydrogen) atoms. The Labute approximate surface area is 167 Å². The molecular formula is C20H23ClFN3O3+2. The molecule has 2 aliphatic rings. The molecule has 1 amide bonds. The molecule has 2 heterocycles. The van der Waals surface area contributed by atoms with Crippen LogP contribution in [-0.2, 0) is 11.3 Å². The Bertz CT molecular complexity index is 872. The van der Waals surface area contributed by atoms with Crippen LogP contribution in [-0.4, -0.2) is 45.4 Å². The lowest BCUT2D eigenvalue weighted by molar-refractivity contribution is -1.02. The molecular weight excluding hydrogens is 385 g/mol. The van der Waals surface area contributed by atoms with Crippen LogP contribution < -0.4 is 24.6 Å². The minimum absolute atomic E-state index is 0.167. The SMILES string of the molecule is O=C(C[NH+]1CC[NH+](Cc2ccc3c(c2)OCO3)CC1)Nc1ccc(Cl)cc1F. The Hall–Kier alpha value is -2.35. The summed E-state index contributed by atoms with van der Waals surface area (Å²) in [7, 11) is 0. The first-order valence-corrected chi connectivity index (χ1v) is 9.75. The molecule has 6 nitrogen and oxygen atoms in total. The number of nitrogens with one attached hydrogen (secondary N) is 3. The van der Waals surface area contributed by atoms with E-state index >= 15 is 0 Å². The van der Waals surface area contributed by atoms with E-state index in [4.69, 9.17) is 21.1 Å². The van der Waals surface area contributed by atoms with Crippen LogP contribution in [0.3, 0.4) is 0 Å². The lowest BCUT2D eigenvalue weighted by Gasteiger charge is -2.29. The van der Waals surface area contributed by atoms with E-state index in [1.54, 1.807) is 6.07 Å². The maximum Gasteiger partial charge on any atom is 0.279 e. The van der Waals surface area contributed by atoms with Gasteiger partial charge < -0.3 is 24.6 Å². The molecule has 0 spiro atoms. The number of piperazine rings is 1. The van der Waals surface area contributed by atoms with E-state index in [1.807, 2.05) is 12.1 Å². The topological polar surface area (TPSA) is 56.4 Å². The Balaban J connectivity index is 1.24. The quantitative estimate of drug-likeness (QED) is 0.660. The Morgan fingerprint density at radius 2 is 1.79 bits per heavy atom. The highest BCUT2D eigenvalue weighted by atomic mass is 35.5. The van der Waals surface area contributed by atoms with Gasteiger partial charge in [0.1, 0.15) is 38.5 Å². The monoisotopic (exact) mass is 407 g/mol. The lowest BCUT2D eigenvalue weighted by atomic mass is 10.1. The van der Waals surface area contributed by atoms with E-state index in [0.29, 0.717) is 11.6 Å². The smallest absolute Gasteiger partial charge is 0.279 e. The Morgan fingerprint density at radius 1 is 1.04 bits per heavy atom. The number of hydrogen-bond donors (Lipinski definition) is 3. The minimum atomic E-state index is -0.520. The van der Waals surface area contributed by atoms with Crippen LogP contribution in [0, 0.1) is 5.82 Å². The van der Waals surface area contributed by atoms with Crippen LogP contribution >= 0.6 is 11.6 Å². The highest BCUT2D eigenvalue weighted by molar-refractivity contribution is 6.30. The second-order valence-corrected chi connectivity index (χ2v) is 7.65. The van der Waals surface area contributed by atoms with Crippen molar-refractivity contribution in [3.8, 4) is 11.5 Å². The first-order valence-electron chi connectivity index (χ1n) is 9.37. The summed E-state index contributed by atoms with van der Waals surface area (Å²) in [4.78, 5) is 14.9. The zero-order chi connectivity index (χ0) is 19.5. The zero-order valence-corrected chi connectivity index (χ0v) is 16.2. The average Bonchev–Trinajstić information content (AvgIpc) is 3.13. The van der Waals surface area contributed by atoms with Crippen molar-refractivity contribution in [2.24, 2.45) is 0 Å². The minimum Gasteiger partial charge on any atom is -0.454 e. The second-order valence-electron chi connectivity index (χ2n) is 7.21. The zero-order valence-electron chi connectivity index (χ0n) is 15.4. The molecule has 0 radical (unpaired) electrons. The van der Waals surface area contributed by atoms with Crippen LogP contribution in [0.5, 0.6) is 11.5 Å². The number of fused-ring (bicyclic) bond motifs is 1. The van der Waals surface area contributed by atoms with Crippen molar-refractivity contribution in [2.75, 3.05) is 44.8 Å². The summed E-state index contributed by atoms with van der Waals surface area (Å²) >= 11 is 5.74. The van der Waals surface area contributed by atoms with Crippen LogP contribution in [0.1, 0.15) is 5.56 Å². The third-order valence-corrected chi connectivity index (χ3v) is 5.41. The van der Waals surface area contributed by atoms with Crippen molar-refractivity contribution in [3.63, 3.8) is 0 Å². The van der Waals surface area contributed by atoms with Crippen molar-refractivity contribution < 1.29 is 28.5 Å². The van der Waals surface area contributed by atoms with Gasteiger partial charge in [-0.2, -0.15) is 0 Å². The molecule has 2 aromatic rings. The number of benzene rings is 2. The van der Waals surface area contributed by atoms with Gasteiger partial charge in [-0.15, -0.1) is 0 Å². The fourth-order valence-electron chi connectivity index (χ4n) is 3.66. The maximum absolute atomic E-state index is 13.8. The molecule has 1 saturated heterocycles. The van der Waals surface area contributed by atoms with E-state index in [1.165, 1.54) is 27.5 Å². The third-order valence-electron chi connectivity index (χ3n) is 5.17. The molecule has 8 heteroatoms. The van der Waals surface area contributed by atoms with E-state index in [0.717, 1.165) is 44.2 Å². The van der Waals surface area contributed by atoms with Crippen LogP contribution in [0.2, 0.25) is 5.02 Å². The van der Waals surface area contributed by atoms with Gasteiger partial charge in [0, 0.05) is 10.6 Å². The molecule has 1 fully saturated rings. The molecule has 0 aromatic heterocycles. The fraction of sp³-hybridized carbons (Fsp3) is 0.350. The molecule has 0 unspecified atom stereocenters. The first kappa shape index (κ1) is 19.0. The van der Waals surface area contributed by atoms with Crippen molar-refractivity contribution in [2.45, 2.75) is 6.54 Å². The molecule has 148 valence electrons. The lowest BCUT2D eigenvalue weighted by Crippen LogP contribution is -3.28. The van der Waals surface area contributed by atoms with Gasteiger partial charge in [0.2, 0.25) is 6.79 Å². The summed E-state index contributed by atoms with van der Waals surface area (Å²) in [5.41, 5.74) is 1.39. The van der Waals surface area contributed by atoms with Gasteiger partial charge >= 0.3 is 0 Å². The molecule has 0 aliphatic carbocycles. The summed E-state index contributed by atoms with van der Waals surface area (Å²) in [6, 6.07) is 10.3. The average molecular weight is 408 g/mol. The Kier molecular flexibility index (Phi) is 5.66. The van der Waals surface area contributed by atoms with E-state index < -0.39 is 5.82 Å². The summed E-state index contributed by atoms with van der Waals surface area (Å²) in [5.74, 6) is 0.910. The van der Waals surface area contributed by atoms with Crippen molar-refractivity contribution in [3.05, 3.63) is 52.8 Å². The summed E-state index contributed by atoms with van der Waals surface area (Å²) < 4.78 is 24.6. The molecule has 2 aliphatic heterocycles. The van der Waals surface area contributed by atoms with Gasteiger partial charge in [-0.3, -0.25) is 4.79 Å². The predicted molar refractivity (Wildman–Crippen MR) is 103 cm³/mol. The summed E-state index contributed by atoms with van der Waals surface area (Å²) in [5, 5.41) is 2.94. The van der Waals surface area contributed by atoms with Gasteiger partial charge in [0.05, 0.1) is 5.69 Å². The number of hydrogen-bond acceptors (Lipinski definition) is 3. The number of carbonyl (C=O) groups is 1. The van der Waals surface area contributed by atoms with Gasteiger partial charge in [0.15, 0.2) is 18.0 Å². The van der Waals surface area contributed by atoms with Crippen molar-refractivity contribution in [1.82, 2.24) is 0 Å². The standard InChI is InChI=1S/C20H21ClFN3O3/c21-15-2-3-17(16(22)10-15)23-20(26)12-25-7-5-24(6-8-25)11-14-1-4-18-19(9-14)28-13-27-18/h1-4,9-10H,5-8,11-13H2,(H,23,26)/p+2. The summed E-state index contributed by atoms with van der Waals surface area (Å²) in [6.45, 7) is 5.30. The van der Waals surface area contributed by atoms with E-state index in [-0.39, 0.29) is 18.4 Å². The number of anilines is 1. The van der Waals surface area contributed by atoms with Gasteiger partial charge in [-0.05, 0) is 36.4 Å². The van der Waals surface area contributed by atoms with Gasteiger partial charge in [-0.25, -0.2) is 4.39 Å². The number of rotatable bonds is 5. The predicted octanol–water partition coefficient (Wildman–Crippen LogP) is 0.130. The Morgan fingerprint density at radius 3 is 2.57 bits per heavy atom. The highest BCUT2D eigenvalue weighted by Gasteiger charge is 2.25. The van der Waals surface area contributed by atoms with Crippen LogP contribution in [0.15, 0.2) is 36.4 Å². The first-order chi connectivity index (χ1) is 13.6. The number of ether oxygens (including phenoxy) is 2. The molecule has 4 rings (SSSR count). The number of halogens is 2. The molecule has 0 bridgehead atoms. The molecule has 0 saturated carbocycles. The molecule has 2 aromatic carbocycles. The van der Waals surface area contributed by atoms with Crippen molar-refractivity contribution >= 4 is 23.2 Å². The maximum atomic E-state index is 13.8. The molecule has 0 atom stereocenters. The van der Waals surface area contributed by atoms with Crippen molar-refractivity contribution in [1.29, 1.82) is 0 Å². The van der Waals surface area contributed by atoms with Gasteiger partial charge in [-0.1, -0.05) is 11.6 Å². The molecule has 3 N–H and O–H groups in total. The number of amides is 1. The van der Waals surface area contributed by atoms with E-state index in [9.17, 15) is 9.18 Å². The second kappa shape index (κ2) is 8.34. The number of carbonyl (C=O) groups excluding carboxylic acids is 1.